The van der Waals surface area contributed by atoms with Crippen LogP contribution in [0.15, 0.2) is 47.6 Å². The summed E-state index contributed by atoms with van der Waals surface area (Å²) in [6.45, 7) is 14.8. The highest BCUT2D eigenvalue weighted by atomic mass is 16.6. The first kappa shape index (κ1) is 30.4. The van der Waals surface area contributed by atoms with E-state index in [9.17, 15) is 9.90 Å². The van der Waals surface area contributed by atoms with E-state index in [1.807, 2.05) is 32.9 Å². The second-order valence-corrected chi connectivity index (χ2v) is 11.3. The van der Waals surface area contributed by atoms with E-state index >= 15 is 0 Å². The highest BCUT2D eigenvalue weighted by Gasteiger charge is 2.28. The van der Waals surface area contributed by atoms with Gasteiger partial charge in [0.05, 0.1) is 12.7 Å². The van der Waals surface area contributed by atoms with Crippen LogP contribution in [0.4, 0.5) is 0 Å². The summed E-state index contributed by atoms with van der Waals surface area (Å²) in [5.74, 6) is 0.295. The highest BCUT2D eigenvalue weighted by Crippen LogP contribution is 2.41. The number of ether oxygens (including phenoxy) is 2. The summed E-state index contributed by atoms with van der Waals surface area (Å²) < 4.78 is 10.8. The van der Waals surface area contributed by atoms with Crippen LogP contribution in [0.1, 0.15) is 99.8 Å². The van der Waals surface area contributed by atoms with Crippen molar-refractivity contribution in [2.75, 3.05) is 13.2 Å². The van der Waals surface area contributed by atoms with E-state index in [0.717, 1.165) is 32.1 Å². The van der Waals surface area contributed by atoms with E-state index in [4.69, 9.17) is 9.47 Å². The summed E-state index contributed by atoms with van der Waals surface area (Å²) in [4.78, 5) is 11.8. The molecule has 1 rings (SSSR count). The largest absolute Gasteiger partial charge is 0.458 e. The van der Waals surface area contributed by atoms with Crippen LogP contribution in [-0.4, -0.2) is 36.0 Å². The van der Waals surface area contributed by atoms with Gasteiger partial charge in [0.1, 0.15) is 12.2 Å². The van der Waals surface area contributed by atoms with E-state index in [2.05, 4.69) is 52.0 Å². The maximum absolute atomic E-state index is 11.8. The van der Waals surface area contributed by atoms with Crippen LogP contribution >= 0.6 is 0 Å². The Morgan fingerprint density at radius 3 is 2.56 bits per heavy atom. The molecule has 194 valence electrons. The Morgan fingerprint density at radius 1 is 1.15 bits per heavy atom. The molecule has 4 heteroatoms. The molecule has 0 spiro atoms. The fourth-order valence-electron chi connectivity index (χ4n) is 4.26. The molecule has 1 aliphatic rings. The van der Waals surface area contributed by atoms with Crippen molar-refractivity contribution in [1.29, 1.82) is 0 Å². The van der Waals surface area contributed by atoms with Gasteiger partial charge in [-0.25, -0.2) is 4.79 Å². The van der Waals surface area contributed by atoms with Crippen LogP contribution in [0, 0.1) is 11.3 Å². The Hall–Kier alpha value is -1.65. The minimum absolute atomic E-state index is 0.0116. The Morgan fingerprint density at radius 2 is 1.88 bits per heavy atom. The molecule has 0 aromatic carbocycles. The van der Waals surface area contributed by atoms with Crippen LogP contribution in [-0.2, 0) is 14.3 Å². The van der Waals surface area contributed by atoms with Crippen molar-refractivity contribution in [3.8, 4) is 0 Å². The lowest BCUT2D eigenvalue weighted by Gasteiger charge is -2.34. The van der Waals surface area contributed by atoms with Crippen molar-refractivity contribution in [2.45, 2.75) is 112 Å². The van der Waals surface area contributed by atoms with Gasteiger partial charge in [-0.15, -0.1) is 0 Å². The lowest BCUT2D eigenvalue weighted by molar-refractivity contribution is -0.159. The summed E-state index contributed by atoms with van der Waals surface area (Å²) in [7, 11) is 0. The summed E-state index contributed by atoms with van der Waals surface area (Å²) >= 11 is 0. The van der Waals surface area contributed by atoms with Gasteiger partial charge in [-0.1, -0.05) is 67.9 Å². The van der Waals surface area contributed by atoms with Gasteiger partial charge in [0.2, 0.25) is 0 Å². The third-order valence-corrected chi connectivity index (χ3v) is 6.29. The van der Waals surface area contributed by atoms with E-state index in [0.29, 0.717) is 12.5 Å². The second-order valence-electron chi connectivity index (χ2n) is 11.3. The van der Waals surface area contributed by atoms with Gasteiger partial charge in [0.25, 0.3) is 0 Å². The first-order valence-electron chi connectivity index (χ1n) is 13.1. The molecule has 4 nitrogen and oxygen atoms in total. The molecule has 0 heterocycles. The monoisotopic (exact) mass is 474 g/mol. The minimum Gasteiger partial charge on any atom is -0.458 e. The van der Waals surface area contributed by atoms with Gasteiger partial charge in [-0.2, -0.15) is 0 Å². The van der Waals surface area contributed by atoms with Gasteiger partial charge < -0.3 is 14.6 Å². The van der Waals surface area contributed by atoms with Gasteiger partial charge >= 0.3 is 5.97 Å². The van der Waals surface area contributed by atoms with Crippen LogP contribution in [0.3, 0.4) is 0 Å². The molecule has 1 aliphatic carbocycles. The molecular formula is C30H50O4. The minimum atomic E-state index is -0.490. The SMILES string of the molecule is CC(C)=CCC[C@H](C)CC[C@@H](O)C=CC=C[C@]1(C)CCCCC1=CCOCC(=O)OC(C)(C)C. The first-order valence-corrected chi connectivity index (χ1v) is 13.1. The maximum Gasteiger partial charge on any atom is 0.332 e. The molecule has 0 aromatic heterocycles. The summed E-state index contributed by atoms with van der Waals surface area (Å²) in [5, 5.41) is 10.3. The fourth-order valence-corrected chi connectivity index (χ4v) is 4.26. The van der Waals surface area contributed by atoms with Crippen molar-refractivity contribution in [2.24, 2.45) is 11.3 Å². The first-order chi connectivity index (χ1) is 15.9. The molecule has 1 N–H and O–H groups in total. The molecule has 0 bridgehead atoms. The van der Waals surface area contributed by atoms with Gasteiger partial charge in [-0.05, 0) is 85.5 Å². The summed E-state index contributed by atoms with van der Waals surface area (Å²) in [6.07, 6.45) is 20.9. The zero-order chi connectivity index (χ0) is 25.6. The average Bonchev–Trinajstić information content (AvgIpc) is 2.72. The molecule has 1 saturated carbocycles. The predicted molar refractivity (Wildman–Crippen MR) is 143 cm³/mol. The molecule has 0 radical (unpaired) electrons. The van der Waals surface area contributed by atoms with Gasteiger partial charge in [0, 0.05) is 5.41 Å². The number of esters is 1. The van der Waals surface area contributed by atoms with E-state index in [1.54, 1.807) is 0 Å². The van der Waals surface area contributed by atoms with Crippen molar-refractivity contribution in [3.63, 3.8) is 0 Å². The van der Waals surface area contributed by atoms with Crippen LogP contribution in [0.2, 0.25) is 0 Å². The van der Waals surface area contributed by atoms with Crippen molar-refractivity contribution in [1.82, 2.24) is 0 Å². The summed E-state index contributed by atoms with van der Waals surface area (Å²) in [6, 6.07) is 0. The smallest absolute Gasteiger partial charge is 0.332 e. The normalized spacial score (nSPS) is 22.3. The molecule has 0 amide bonds. The Labute approximate surface area is 209 Å². The highest BCUT2D eigenvalue weighted by molar-refractivity contribution is 5.71. The number of hydrogen-bond donors (Lipinski definition) is 1. The zero-order valence-electron chi connectivity index (χ0n) is 22.9. The van der Waals surface area contributed by atoms with E-state index in [1.165, 1.54) is 30.4 Å². The molecule has 0 aromatic rings. The Kier molecular flexibility index (Phi) is 13.7. The number of aliphatic hydroxyl groups excluding tert-OH is 1. The zero-order valence-corrected chi connectivity index (χ0v) is 22.9. The number of hydrogen-bond acceptors (Lipinski definition) is 4. The van der Waals surface area contributed by atoms with Crippen molar-refractivity contribution >= 4 is 5.97 Å². The standard InChI is InChI=1S/C30H50O4/c1-24(2)13-12-14-25(3)17-18-27(31)16-9-11-21-30(7)20-10-8-15-26(30)19-22-33-23-28(32)34-29(4,5)6/h9,11,13,16,19,21,25,27,31H,8,10,12,14-15,17-18,20,22-23H2,1-7H3/t25-,27-,30-/m0/s1. The number of aliphatic hydroxyl groups is 1. The fraction of sp³-hybridized carbons (Fsp3) is 0.700. The summed E-state index contributed by atoms with van der Waals surface area (Å²) in [5.41, 5.74) is 2.23. The Bertz CT molecular complexity index is 719. The lowest BCUT2D eigenvalue weighted by Crippen LogP contribution is -2.26. The molecule has 34 heavy (non-hydrogen) atoms. The maximum atomic E-state index is 11.8. The third kappa shape index (κ3) is 13.9. The molecular weight excluding hydrogens is 424 g/mol. The van der Waals surface area contributed by atoms with Crippen molar-refractivity contribution in [3.05, 3.63) is 47.6 Å². The Balaban J connectivity index is 2.50. The van der Waals surface area contributed by atoms with Crippen molar-refractivity contribution < 1.29 is 19.4 Å². The van der Waals surface area contributed by atoms with Crippen LogP contribution in [0.25, 0.3) is 0 Å². The molecule has 0 unspecified atom stereocenters. The predicted octanol–water partition coefficient (Wildman–Crippen LogP) is 7.49. The lowest BCUT2D eigenvalue weighted by atomic mass is 9.71. The number of rotatable bonds is 13. The number of carbonyl (C=O) groups is 1. The molecule has 0 aliphatic heterocycles. The molecule has 1 fully saturated rings. The van der Waals surface area contributed by atoms with Gasteiger partial charge in [0.15, 0.2) is 0 Å². The number of allylic oxidation sites excluding steroid dienone is 6. The van der Waals surface area contributed by atoms with E-state index < -0.39 is 11.7 Å². The molecule has 0 saturated heterocycles. The molecule has 3 atom stereocenters. The van der Waals surface area contributed by atoms with Crippen LogP contribution < -0.4 is 0 Å². The second kappa shape index (κ2) is 15.4. The topological polar surface area (TPSA) is 55.8 Å². The number of carbonyl (C=O) groups excluding carboxylic acids is 1. The third-order valence-electron chi connectivity index (χ3n) is 6.29. The average molecular weight is 475 g/mol. The van der Waals surface area contributed by atoms with E-state index in [-0.39, 0.29) is 18.0 Å². The van der Waals surface area contributed by atoms with Crippen LogP contribution in [0.5, 0.6) is 0 Å². The van der Waals surface area contributed by atoms with Gasteiger partial charge in [-0.3, -0.25) is 0 Å². The quantitative estimate of drug-likeness (QED) is 0.130.